The van der Waals surface area contributed by atoms with Crippen molar-refractivity contribution in [3.05, 3.63) is 51.8 Å². The van der Waals surface area contributed by atoms with Crippen LogP contribution in [0.5, 0.6) is 11.5 Å². The van der Waals surface area contributed by atoms with E-state index in [-0.39, 0.29) is 17.3 Å². The van der Waals surface area contributed by atoms with E-state index >= 15 is 0 Å². The molecule has 1 aromatic carbocycles. The van der Waals surface area contributed by atoms with Crippen LogP contribution in [0.15, 0.2) is 30.5 Å². The number of aliphatic hydroxyl groups is 1. The van der Waals surface area contributed by atoms with E-state index in [2.05, 4.69) is 4.98 Å². The van der Waals surface area contributed by atoms with Gasteiger partial charge in [-0.2, -0.15) is 5.26 Å². The smallest absolute Gasteiger partial charge is 0.150 e. The molecular formula is C14H10Cl2N2O2. The Hall–Kier alpha value is -1.80. The maximum absolute atomic E-state index is 9.05. The highest BCUT2D eigenvalue weighted by atomic mass is 35.5. The molecule has 0 radical (unpaired) electrons. The summed E-state index contributed by atoms with van der Waals surface area (Å²) in [6.45, 7) is 0.0507. The summed E-state index contributed by atoms with van der Waals surface area (Å²) < 4.78 is 5.60. The van der Waals surface area contributed by atoms with Crippen molar-refractivity contribution in [2.45, 2.75) is 6.42 Å². The number of hydrogen-bond acceptors (Lipinski definition) is 4. The second-order valence-corrected chi connectivity index (χ2v) is 4.69. The molecule has 1 N–H and O–H groups in total. The Bertz CT molecular complexity index is 669. The first-order chi connectivity index (χ1) is 9.65. The van der Waals surface area contributed by atoms with Gasteiger partial charge in [-0.25, -0.2) is 4.98 Å². The molecule has 0 unspecified atom stereocenters. The second kappa shape index (κ2) is 6.58. The van der Waals surface area contributed by atoms with Crippen LogP contribution in [0.2, 0.25) is 10.2 Å². The van der Waals surface area contributed by atoms with Gasteiger partial charge in [-0.1, -0.05) is 29.3 Å². The van der Waals surface area contributed by atoms with Gasteiger partial charge in [0.25, 0.3) is 0 Å². The van der Waals surface area contributed by atoms with Crippen molar-refractivity contribution >= 4 is 23.2 Å². The summed E-state index contributed by atoms with van der Waals surface area (Å²) in [5.74, 6) is 0.705. The minimum absolute atomic E-state index is 0.0507. The quantitative estimate of drug-likeness (QED) is 0.877. The number of nitrogens with zero attached hydrogens (tertiary/aromatic N) is 2. The summed E-state index contributed by atoms with van der Waals surface area (Å²) in [6.07, 6.45) is 1.97. The van der Waals surface area contributed by atoms with Crippen LogP contribution in [0.3, 0.4) is 0 Å². The van der Waals surface area contributed by atoms with Crippen LogP contribution in [0.1, 0.15) is 11.1 Å². The molecule has 1 aromatic heterocycles. The molecule has 0 saturated heterocycles. The minimum atomic E-state index is 0.0507. The highest BCUT2D eigenvalue weighted by Gasteiger charge is 2.11. The van der Waals surface area contributed by atoms with E-state index in [4.69, 9.17) is 38.3 Å². The Kier molecular flexibility index (Phi) is 4.80. The number of rotatable bonds is 4. The van der Waals surface area contributed by atoms with E-state index in [1.165, 1.54) is 6.20 Å². The zero-order valence-corrected chi connectivity index (χ0v) is 11.8. The highest BCUT2D eigenvalue weighted by Crippen LogP contribution is 2.33. The number of aliphatic hydroxyl groups excluding tert-OH is 1. The Morgan fingerprint density at radius 3 is 2.70 bits per heavy atom. The Balaban J connectivity index is 2.31. The van der Waals surface area contributed by atoms with E-state index in [0.717, 1.165) is 5.56 Å². The Morgan fingerprint density at radius 2 is 2.05 bits per heavy atom. The van der Waals surface area contributed by atoms with Crippen molar-refractivity contribution in [3.8, 4) is 17.6 Å². The van der Waals surface area contributed by atoms with Crippen molar-refractivity contribution < 1.29 is 9.84 Å². The summed E-state index contributed by atoms with van der Waals surface area (Å²) in [6, 6.07) is 8.68. The first kappa shape index (κ1) is 14.6. The summed E-state index contributed by atoms with van der Waals surface area (Å²) >= 11 is 11.9. The molecule has 6 heteroatoms. The van der Waals surface area contributed by atoms with Gasteiger partial charge in [0.05, 0.1) is 5.02 Å². The van der Waals surface area contributed by atoms with Crippen LogP contribution in [-0.4, -0.2) is 16.7 Å². The third kappa shape index (κ3) is 3.20. The van der Waals surface area contributed by atoms with E-state index < -0.39 is 0 Å². The number of hydrogen-bond donors (Lipinski definition) is 1. The molecule has 0 aliphatic rings. The molecule has 2 aromatic rings. The second-order valence-electron chi connectivity index (χ2n) is 3.93. The lowest BCUT2D eigenvalue weighted by Gasteiger charge is -2.10. The number of aromatic nitrogens is 1. The zero-order chi connectivity index (χ0) is 14.5. The van der Waals surface area contributed by atoms with Crippen molar-refractivity contribution in [1.29, 1.82) is 5.26 Å². The molecule has 1 heterocycles. The summed E-state index contributed by atoms with van der Waals surface area (Å²) in [4.78, 5) is 3.82. The fourth-order valence-corrected chi connectivity index (χ4v) is 2.07. The third-order valence-corrected chi connectivity index (χ3v) is 3.18. The largest absolute Gasteiger partial charge is 0.454 e. The van der Waals surface area contributed by atoms with Crippen molar-refractivity contribution in [2.75, 3.05) is 6.61 Å². The molecule has 0 aliphatic heterocycles. The number of pyridine rings is 1. The average molecular weight is 309 g/mol. The normalized spacial score (nSPS) is 10.1. The molecule has 2 rings (SSSR count). The number of halogens is 2. The minimum Gasteiger partial charge on any atom is -0.454 e. The first-order valence-electron chi connectivity index (χ1n) is 5.77. The standard InChI is InChI=1S/C14H10Cl2N2O2/c15-11-7-9(4-6-19)1-2-13(11)20-12-3-5-18-14(16)10(12)8-17/h1-3,5,7,19H,4,6H2. The van der Waals surface area contributed by atoms with Gasteiger partial charge in [0, 0.05) is 18.9 Å². The van der Waals surface area contributed by atoms with E-state index in [1.807, 2.05) is 6.07 Å². The summed E-state index contributed by atoms with van der Waals surface area (Å²) in [5, 5.41) is 18.4. The lowest BCUT2D eigenvalue weighted by molar-refractivity contribution is 0.299. The van der Waals surface area contributed by atoms with Gasteiger partial charge in [0.15, 0.2) is 5.15 Å². The van der Waals surface area contributed by atoms with Gasteiger partial charge in [0.1, 0.15) is 23.1 Å². The van der Waals surface area contributed by atoms with Gasteiger partial charge in [-0.3, -0.25) is 0 Å². The molecule has 102 valence electrons. The zero-order valence-electron chi connectivity index (χ0n) is 10.3. The lowest BCUT2D eigenvalue weighted by atomic mass is 10.1. The predicted octanol–water partition coefficient (Wildman–Crippen LogP) is 3.59. The molecule has 20 heavy (non-hydrogen) atoms. The molecule has 0 fully saturated rings. The molecule has 0 aliphatic carbocycles. The van der Waals surface area contributed by atoms with E-state index in [0.29, 0.717) is 22.9 Å². The number of benzene rings is 1. The monoisotopic (exact) mass is 308 g/mol. The van der Waals surface area contributed by atoms with Gasteiger partial charge < -0.3 is 9.84 Å². The average Bonchev–Trinajstić information content (AvgIpc) is 2.42. The molecule has 0 bridgehead atoms. The highest BCUT2D eigenvalue weighted by molar-refractivity contribution is 6.32. The summed E-state index contributed by atoms with van der Waals surface area (Å²) in [7, 11) is 0. The molecule has 0 saturated carbocycles. The van der Waals surface area contributed by atoms with Crippen LogP contribution in [-0.2, 0) is 6.42 Å². The number of ether oxygens (including phenoxy) is 1. The third-order valence-electron chi connectivity index (χ3n) is 2.59. The Labute approximate surface area is 126 Å². The summed E-state index contributed by atoms with van der Waals surface area (Å²) in [5.41, 5.74) is 1.06. The molecule has 0 amide bonds. The van der Waals surface area contributed by atoms with Crippen LogP contribution >= 0.6 is 23.2 Å². The predicted molar refractivity (Wildman–Crippen MR) is 76.3 cm³/mol. The molecule has 4 nitrogen and oxygen atoms in total. The van der Waals surface area contributed by atoms with Gasteiger partial charge in [-0.15, -0.1) is 0 Å². The van der Waals surface area contributed by atoms with Crippen LogP contribution in [0, 0.1) is 11.3 Å². The lowest BCUT2D eigenvalue weighted by Crippen LogP contribution is -1.94. The van der Waals surface area contributed by atoms with Crippen molar-refractivity contribution in [3.63, 3.8) is 0 Å². The van der Waals surface area contributed by atoms with Crippen LogP contribution in [0.25, 0.3) is 0 Å². The molecule has 0 atom stereocenters. The van der Waals surface area contributed by atoms with E-state index in [1.54, 1.807) is 24.3 Å². The van der Waals surface area contributed by atoms with Crippen LogP contribution in [0.4, 0.5) is 0 Å². The first-order valence-corrected chi connectivity index (χ1v) is 6.53. The maximum atomic E-state index is 9.05. The van der Waals surface area contributed by atoms with Gasteiger partial charge in [0.2, 0.25) is 0 Å². The van der Waals surface area contributed by atoms with Gasteiger partial charge in [-0.05, 0) is 24.1 Å². The topological polar surface area (TPSA) is 66.1 Å². The SMILES string of the molecule is N#Cc1c(Oc2ccc(CCO)cc2Cl)ccnc1Cl. The van der Waals surface area contributed by atoms with E-state index in [9.17, 15) is 0 Å². The fourth-order valence-electron chi connectivity index (χ4n) is 1.64. The van der Waals surface area contributed by atoms with Crippen molar-refractivity contribution in [2.24, 2.45) is 0 Å². The maximum Gasteiger partial charge on any atom is 0.150 e. The molecule has 0 spiro atoms. The van der Waals surface area contributed by atoms with Crippen molar-refractivity contribution in [1.82, 2.24) is 4.98 Å². The number of nitriles is 1. The van der Waals surface area contributed by atoms with Gasteiger partial charge >= 0.3 is 0 Å². The van der Waals surface area contributed by atoms with Crippen LogP contribution < -0.4 is 4.74 Å². The fraction of sp³-hybridized carbons (Fsp3) is 0.143. The molecular weight excluding hydrogens is 299 g/mol. The Morgan fingerprint density at radius 1 is 1.25 bits per heavy atom.